The Balaban J connectivity index is 1.44. The number of aryl methyl sites for hydroxylation is 1. The molecule has 2 N–H and O–H groups in total. The first kappa shape index (κ1) is 24.7. The molecule has 7 nitrogen and oxygen atoms in total. The van der Waals surface area contributed by atoms with Gasteiger partial charge in [-0.05, 0) is 50.2 Å². The Morgan fingerprint density at radius 3 is 2.39 bits per heavy atom. The van der Waals surface area contributed by atoms with Crippen molar-refractivity contribution in [1.82, 2.24) is 10.6 Å². The molecular formula is C26H34N2O5. The molecule has 2 unspecified atom stereocenters. The molecule has 3 rings (SSSR count). The summed E-state index contributed by atoms with van der Waals surface area (Å²) in [5.74, 6) is -0.287. The Morgan fingerprint density at radius 2 is 1.73 bits per heavy atom. The zero-order chi connectivity index (χ0) is 23.3. The summed E-state index contributed by atoms with van der Waals surface area (Å²) >= 11 is 0. The maximum Gasteiger partial charge on any atom is 0.408 e. The maximum absolute atomic E-state index is 12.6. The molecule has 0 aliphatic carbocycles. The van der Waals surface area contributed by atoms with Crippen LogP contribution < -0.4 is 10.6 Å². The van der Waals surface area contributed by atoms with Crippen LogP contribution in [0.3, 0.4) is 0 Å². The van der Waals surface area contributed by atoms with Crippen LogP contribution in [-0.2, 0) is 32.0 Å². The fourth-order valence-electron chi connectivity index (χ4n) is 3.60. The van der Waals surface area contributed by atoms with E-state index in [1.165, 1.54) is 5.56 Å². The van der Waals surface area contributed by atoms with Crippen molar-refractivity contribution in [3.63, 3.8) is 0 Å². The lowest BCUT2D eigenvalue weighted by atomic mass is 10.1. The highest BCUT2D eigenvalue weighted by Crippen LogP contribution is 2.17. The summed E-state index contributed by atoms with van der Waals surface area (Å²) in [7, 11) is 0. The highest BCUT2D eigenvalue weighted by Gasteiger charge is 2.22. The standard InChI is InChI=1S/C26H34N2O5/c1-20(28-26(30)32-19-22-12-6-3-7-13-22)25(29)27-18-23(33-24-14-8-9-17-31-24)16-15-21-10-4-2-5-11-21/h2-7,10-13,20,23-24H,8-9,14-19H2,1H3,(H,27,29)(H,28,30)/t20-,23?,24?/m0/s1. The second kappa shape index (κ2) is 13.6. The van der Waals surface area contributed by atoms with Gasteiger partial charge in [0.15, 0.2) is 6.29 Å². The first-order chi connectivity index (χ1) is 16.1. The number of carbonyl (C=O) groups excluding carboxylic acids is 2. The first-order valence-corrected chi connectivity index (χ1v) is 11.7. The third-order valence-corrected chi connectivity index (χ3v) is 5.52. The van der Waals surface area contributed by atoms with Gasteiger partial charge in [-0.15, -0.1) is 0 Å². The zero-order valence-corrected chi connectivity index (χ0v) is 19.2. The highest BCUT2D eigenvalue weighted by atomic mass is 16.7. The molecule has 178 valence electrons. The van der Waals surface area contributed by atoms with Gasteiger partial charge in [0.1, 0.15) is 12.6 Å². The third-order valence-electron chi connectivity index (χ3n) is 5.52. The summed E-state index contributed by atoms with van der Waals surface area (Å²) in [6, 6.07) is 18.9. The molecule has 3 atom stereocenters. The largest absolute Gasteiger partial charge is 0.445 e. The van der Waals surface area contributed by atoms with Crippen LogP contribution in [0, 0.1) is 0 Å². The molecule has 1 heterocycles. The van der Waals surface area contributed by atoms with Crippen LogP contribution in [0.2, 0.25) is 0 Å². The van der Waals surface area contributed by atoms with E-state index in [0.717, 1.165) is 37.7 Å². The fraction of sp³-hybridized carbons (Fsp3) is 0.462. The summed E-state index contributed by atoms with van der Waals surface area (Å²) in [4.78, 5) is 24.6. The molecule has 0 spiro atoms. The minimum atomic E-state index is -0.728. The quantitative estimate of drug-likeness (QED) is 0.537. The molecule has 0 radical (unpaired) electrons. The van der Waals surface area contributed by atoms with Gasteiger partial charge >= 0.3 is 6.09 Å². The number of carbonyl (C=O) groups is 2. The van der Waals surface area contributed by atoms with Crippen LogP contribution >= 0.6 is 0 Å². The minimum absolute atomic E-state index is 0.151. The second-order valence-corrected chi connectivity index (χ2v) is 8.25. The lowest BCUT2D eigenvalue weighted by Gasteiger charge is -2.28. The average molecular weight is 455 g/mol. The number of ether oxygens (including phenoxy) is 3. The lowest BCUT2D eigenvalue weighted by Crippen LogP contribution is -2.47. The van der Waals surface area contributed by atoms with Gasteiger partial charge in [0.2, 0.25) is 5.91 Å². The molecule has 0 saturated carbocycles. The van der Waals surface area contributed by atoms with Gasteiger partial charge in [-0.3, -0.25) is 4.79 Å². The Labute approximate surface area is 195 Å². The van der Waals surface area contributed by atoms with Gasteiger partial charge in [0.25, 0.3) is 0 Å². The summed E-state index contributed by atoms with van der Waals surface area (Å²) < 4.78 is 17.1. The summed E-state index contributed by atoms with van der Waals surface area (Å²) in [5, 5.41) is 5.47. The van der Waals surface area contributed by atoms with Crippen molar-refractivity contribution >= 4 is 12.0 Å². The van der Waals surface area contributed by atoms with Crippen molar-refractivity contribution in [3.05, 3.63) is 71.8 Å². The van der Waals surface area contributed by atoms with Crippen molar-refractivity contribution < 1.29 is 23.8 Å². The summed E-state index contributed by atoms with van der Waals surface area (Å²) in [6.07, 6.45) is 3.53. The SMILES string of the molecule is C[C@H](NC(=O)OCc1ccccc1)C(=O)NCC(CCc1ccccc1)OC1CCCCO1. The van der Waals surface area contributed by atoms with Crippen LogP contribution in [-0.4, -0.2) is 43.6 Å². The molecule has 1 aliphatic rings. The number of rotatable bonds is 11. The van der Waals surface area contributed by atoms with Crippen LogP contribution in [0.1, 0.15) is 43.7 Å². The van der Waals surface area contributed by atoms with E-state index in [-0.39, 0.29) is 24.9 Å². The van der Waals surface area contributed by atoms with Crippen molar-refractivity contribution in [2.45, 2.75) is 64.1 Å². The van der Waals surface area contributed by atoms with E-state index < -0.39 is 12.1 Å². The van der Waals surface area contributed by atoms with E-state index in [0.29, 0.717) is 13.2 Å². The number of hydrogen-bond acceptors (Lipinski definition) is 5. The maximum atomic E-state index is 12.6. The van der Waals surface area contributed by atoms with E-state index in [4.69, 9.17) is 14.2 Å². The average Bonchev–Trinajstić information content (AvgIpc) is 2.86. The zero-order valence-electron chi connectivity index (χ0n) is 19.2. The van der Waals surface area contributed by atoms with Crippen molar-refractivity contribution in [2.24, 2.45) is 0 Å². The van der Waals surface area contributed by atoms with Crippen molar-refractivity contribution in [3.8, 4) is 0 Å². The minimum Gasteiger partial charge on any atom is -0.445 e. The molecule has 2 aromatic carbocycles. The van der Waals surface area contributed by atoms with Crippen LogP contribution in [0.4, 0.5) is 4.79 Å². The Bertz CT molecular complexity index is 840. The molecule has 7 heteroatoms. The van der Waals surface area contributed by atoms with Gasteiger partial charge in [0.05, 0.1) is 6.10 Å². The highest BCUT2D eigenvalue weighted by molar-refractivity contribution is 5.85. The molecule has 1 saturated heterocycles. The van der Waals surface area contributed by atoms with Crippen molar-refractivity contribution in [1.29, 1.82) is 0 Å². The predicted molar refractivity (Wildman–Crippen MR) is 125 cm³/mol. The Hall–Kier alpha value is -2.90. The molecule has 33 heavy (non-hydrogen) atoms. The fourth-order valence-corrected chi connectivity index (χ4v) is 3.60. The van der Waals surface area contributed by atoms with Crippen molar-refractivity contribution in [2.75, 3.05) is 13.2 Å². The molecule has 2 aromatic rings. The molecule has 1 aliphatic heterocycles. The smallest absolute Gasteiger partial charge is 0.408 e. The summed E-state index contributed by atoms with van der Waals surface area (Å²) in [5.41, 5.74) is 2.10. The molecule has 0 aromatic heterocycles. The predicted octanol–water partition coefficient (Wildman–Crippen LogP) is 3.96. The van der Waals surface area contributed by atoms with E-state index in [1.54, 1.807) is 6.92 Å². The third kappa shape index (κ3) is 9.24. The number of alkyl carbamates (subject to hydrolysis) is 1. The van der Waals surface area contributed by atoms with Gasteiger partial charge in [-0.1, -0.05) is 60.7 Å². The Kier molecular flexibility index (Phi) is 10.2. The van der Waals surface area contributed by atoms with Gasteiger partial charge in [0, 0.05) is 13.2 Å². The molecule has 0 bridgehead atoms. The van der Waals surface area contributed by atoms with Gasteiger partial charge < -0.3 is 24.8 Å². The molecular weight excluding hydrogens is 420 g/mol. The normalized spacial score (nSPS) is 17.5. The molecule has 2 amide bonds. The van der Waals surface area contributed by atoms with E-state index in [1.807, 2.05) is 48.5 Å². The van der Waals surface area contributed by atoms with Gasteiger partial charge in [-0.25, -0.2) is 4.79 Å². The van der Waals surface area contributed by atoms with Crippen LogP contribution in [0.15, 0.2) is 60.7 Å². The number of benzene rings is 2. The first-order valence-electron chi connectivity index (χ1n) is 11.7. The van der Waals surface area contributed by atoms with E-state index in [9.17, 15) is 9.59 Å². The summed E-state index contributed by atoms with van der Waals surface area (Å²) in [6.45, 7) is 2.83. The second-order valence-electron chi connectivity index (χ2n) is 8.25. The lowest BCUT2D eigenvalue weighted by molar-refractivity contribution is -0.188. The van der Waals surface area contributed by atoms with E-state index >= 15 is 0 Å². The number of hydrogen-bond donors (Lipinski definition) is 2. The van der Waals surface area contributed by atoms with Crippen LogP contribution in [0.5, 0.6) is 0 Å². The van der Waals surface area contributed by atoms with Gasteiger partial charge in [-0.2, -0.15) is 0 Å². The Morgan fingerprint density at radius 1 is 1.03 bits per heavy atom. The number of amides is 2. The molecule has 1 fully saturated rings. The monoisotopic (exact) mass is 454 g/mol. The number of nitrogens with one attached hydrogen (secondary N) is 2. The van der Waals surface area contributed by atoms with Crippen LogP contribution in [0.25, 0.3) is 0 Å². The topological polar surface area (TPSA) is 85.9 Å². The van der Waals surface area contributed by atoms with E-state index in [2.05, 4.69) is 22.8 Å².